The minimum absolute atomic E-state index is 0.0989. The van der Waals surface area contributed by atoms with Crippen molar-refractivity contribution in [1.29, 1.82) is 0 Å². The first kappa shape index (κ1) is 19.0. The molecule has 9 heteroatoms. The quantitative estimate of drug-likeness (QED) is 0.463. The van der Waals surface area contributed by atoms with Gasteiger partial charge in [-0.1, -0.05) is 35.3 Å². The van der Waals surface area contributed by atoms with Gasteiger partial charge in [0, 0.05) is 16.6 Å². The van der Waals surface area contributed by atoms with Crippen molar-refractivity contribution in [2.45, 2.75) is 13.0 Å². The molecule has 0 radical (unpaired) electrons. The van der Waals surface area contributed by atoms with E-state index in [-0.39, 0.29) is 6.54 Å². The maximum Gasteiger partial charge on any atom is 0.335 e. The maximum atomic E-state index is 12.1. The third kappa shape index (κ3) is 4.00. The van der Waals surface area contributed by atoms with E-state index in [1.165, 1.54) is 6.08 Å². The molecular formula is C16H15Cl2N3O4. The minimum Gasteiger partial charge on any atom is -0.348 e. The number of urea groups is 1. The fraction of sp³-hybridized carbons (Fsp3) is 0.250. The van der Waals surface area contributed by atoms with Crippen molar-refractivity contribution >= 4 is 47.0 Å². The van der Waals surface area contributed by atoms with Gasteiger partial charge in [-0.3, -0.25) is 19.3 Å². The Bertz CT molecular complexity index is 766. The highest BCUT2D eigenvalue weighted by Gasteiger charge is 2.44. The molecule has 1 saturated heterocycles. The van der Waals surface area contributed by atoms with Crippen LogP contribution >= 0.6 is 23.2 Å². The molecule has 1 atom stereocenters. The van der Waals surface area contributed by atoms with Crippen LogP contribution in [0, 0.1) is 0 Å². The Hall–Kier alpha value is -2.38. The van der Waals surface area contributed by atoms with Gasteiger partial charge in [0.25, 0.3) is 0 Å². The molecule has 1 aromatic carbocycles. The van der Waals surface area contributed by atoms with Crippen molar-refractivity contribution in [3.05, 3.63) is 46.5 Å². The number of halogens is 2. The first-order chi connectivity index (χ1) is 11.8. The van der Waals surface area contributed by atoms with Crippen LogP contribution in [-0.4, -0.2) is 46.6 Å². The number of imide groups is 2. The third-order valence-corrected chi connectivity index (χ3v) is 4.12. The van der Waals surface area contributed by atoms with Crippen LogP contribution < -0.4 is 5.32 Å². The second-order valence-electron chi connectivity index (χ2n) is 5.33. The fourth-order valence-corrected chi connectivity index (χ4v) is 2.91. The summed E-state index contributed by atoms with van der Waals surface area (Å²) >= 11 is 11.9. The number of rotatable bonds is 6. The lowest BCUT2D eigenvalue weighted by Crippen LogP contribution is -2.42. The van der Waals surface area contributed by atoms with Gasteiger partial charge in [-0.2, -0.15) is 0 Å². The van der Waals surface area contributed by atoms with Gasteiger partial charge < -0.3 is 5.32 Å². The van der Waals surface area contributed by atoms with E-state index in [9.17, 15) is 19.2 Å². The van der Waals surface area contributed by atoms with Crippen LogP contribution in [-0.2, 0) is 14.4 Å². The topological polar surface area (TPSA) is 86.8 Å². The summed E-state index contributed by atoms with van der Waals surface area (Å²) in [7, 11) is 0. The molecule has 1 heterocycles. The van der Waals surface area contributed by atoms with Gasteiger partial charge in [0.2, 0.25) is 5.91 Å². The Balaban J connectivity index is 2.04. The number of amides is 5. The van der Waals surface area contributed by atoms with E-state index in [0.717, 1.165) is 4.90 Å². The molecule has 7 nitrogen and oxygen atoms in total. The molecule has 1 aliphatic heterocycles. The van der Waals surface area contributed by atoms with Gasteiger partial charge in [-0.05, 0) is 24.6 Å². The number of nitrogens with one attached hydrogen (secondary N) is 1. The molecule has 1 N–H and O–H groups in total. The van der Waals surface area contributed by atoms with Crippen LogP contribution in [0.25, 0.3) is 0 Å². The van der Waals surface area contributed by atoms with Crippen molar-refractivity contribution in [2.75, 3.05) is 13.1 Å². The molecular weight excluding hydrogens is 369 g/mol. The van der Waals surface area contributed by atoms with Crippen molar-refractivity contribution in [2.24, 2.45) is 0 Å². The third-order valence-electron chi connectivity index (χ3n) is 3.55. The maximum absolute atomic E-state index is 12.1. The summed E-state index contributed by atoms with van der Waals surface area (Å²) in [6.07, 6.45) is 1.32. The molecule has 0 bridgehead atoms. The van der Waals surface area contributed by atoms with Crippen molar-refractivity contribution in [3.8, 4) is 0 Å². The lowest BCUT2D eigenvalue weighted by molar-refractivity contribution is -0.143. The smallest absolute Gasteiger partial charge is 0.335 e. The highest BCUT2D eigenvalue weighted by molar-refractivity contribution is 6.45. The van der Waals surface area contributed by atoms with E-state index in [1.807, 2.05) is 0 Å². The summed E-state index contributed by atoms with van der Waals surface area (Å²) in [6.45, 7) is 4.44. The highest BCUT2D eigenvalue weighted by Crippen LogP contribution is 2.26. The zero-order valence-electron chi connectivity index (χ0n) is 13.3. The average Bonchev–Trinajstić information content (AvgIpc) is 2.73. The molecule has 1 aromatic rings. The number of carbonyl (C=O) groups is 4. The number of benzene rings is 1. The molecule has 0 saturated carbocycles. The normalized spacial score (nSPS) is 15.6. The molecule has 2 rings (SSSR count). The second kappa shape index (κ2) is 7.67. The molecule has 0 unspecified atom stereocenters. The van der Waals surface area contributed by atoms with Crippen LogP contribution in [0.5, 0.6) is 0 Å². The Morgan fingerprint density at radius 3 is 2.48 bits per heavy atom. The zero-order valence-corrected chi connectivity index (χ0v) is 14.8. The Kier molecular flexibility index (Phi) is 5.81. The lowest BCUT2D eigenvalue weighted by Gasteiger charge is -2.18. The zero-order chi connectivity index (χ0) is 18.7. The highest BCUT2D eigenvalue weighted by atomic mass is 35.5. The summed E-state index contributed by atoms with van der Waals surface area (Å²) in [5.74, 6) is -2.63. The van der Waals surface area contributed by atoms with Crippen molar-refractivity contribution in [1.82, 2.24) is 15.1 Å². The van der Waals surface area contributed by atoms with Crippen LogP contribution in [0.4, 0.5) is 4.79 Å². The second-order valence-corrected chi connectivity index (χ2v) is 6.18. The van der Waals surface area contributed by atoms with E-state index < -0.39 is 36.3 Å². The van der Waals surface area contributed by atoms with E-state index in [1.54, 1.807) is 25.1 Å². The summed E-state index contributed by atoms with van der Waals surface area (Å²) < 4.78 is 0. The molecule has 0 aliphatic carbocycles. The van der Waals surface area contributed by atoms with Crippen LogP contribution in [0.1, 0.15) is 18.5 Å². The first-order valence-corrected chi connectivity index (χ1v) is 8.04. The first-order valence-electron chi connectivity index (χ1n) is 7.28. The van der Waals surface area contributed by atoms with Gasteiger partial charge in [-0.25, -0.2) is 9.69 Å². The number of hydrogen-bond donors (Lipinski definition) is 1. The molecule has 1 fully saturated rings. The summed E-state index contributed by atoms with van der Waals surface area (Å²) in [5.41, 5.74) is 0.628. The van der Waals surface area contributed by atoms with Crippen LogP contribution in [0.15, 0.2) is 30.9 Å². The van der Waals surface area contributed by atoms with E-state index in [4.69, 9.17) is 23.2 Å². The predicted octanol–water partition coefficient (Wildman–Crippen LogP) is 2.15. The SMILES string of the molecule is C=CCN1C(=O)C(=O)N(CC(=O)N[C@H](C)c2ccc(Cl)cc2Cl)C1=O. The fourth-order valence-electron chi connectivity index (χ4n) is 2.34. The molecule has 0 spiro atoms. The van der Waals surface area contributed by atoms with E-state index in [0.29, 0.717) is 20.5 Å². The molecule has 25 heavy (non-hydrogen) atoms. The Morgan fingerprint density at radius 2 is 1.88 bits per heavy atom. The number of hydrogen-bond acceptors (Lipinski definition) is 4. The van der Waals surface area contributed by atoms with Crippen molar-refractivity contribution in [3.63, 3.8) is 0 Å². The number of nitrogens with zero attached hydrogens (tertiary/aromatic N) is 2. The van der Waals surface area contributed by atoms with Crippen molar-refractivity contribution < 1.29 is 19.2 Å². The number of carbonyl (C=O) groups excluding carboxylic acids is 4. The minimum atomic E-state index is -1.04. The average molecular weight is 384 g/mol. The van der Waals surface area contributed by atoms with Gasteiger partial charge in [0.1, 0.15) is 6.54 Å². The largest absolute Gasteiger partial charge is 0.348 e. The molecule has 0 aromatic heterocycles. The summed E-state index contributed by atoms with van der Waals surface area (Å²) in [4.78, 5) is 49.1. The molecule has 132 valence electrons. The van der Waals surface area contributed by atoms with Gasteiger partial charge in [-0.15, -0.1) is 6.58 Å². The summed E-state index contributed by atoms with van der Waals surface area (Å²) in [5, 5.41) is 3.46. The van der Waals surface area contributed by atoms with Crippen LogP contribution in [0.3, 0.4) is 0 Å². The Morgan fingerprint density at radius 1 is 1.24 bits per heavy atom. The molecule has 5 amide bonds. The van der Waals surface area contributed by atoms with Gasteiger partial charge in [0.05, 0.1) is 6.04 Å². The standard InChI is InChI=1S/C16H15Cl2N3O4/c1-3-6-20-14(23)15(24)21(16(20)25)8-13(22)19-9(2)11-5-4-10(17)7-12(11)18/h3-5,7,9H,1,6,8H2,2H3,(H,19,22)/t9-/m1/s1. The van der Waals surface area contributed by atoms with E-state index >= 15 is 0 Å². The summed E-state index contributed by atoms with van der Waals surface area (Å²) in [6, 6.07) is 3.51. The van der Waals surface area contributed by atoms with E-state index in [2.05, 4.69) is 11.9 Å². The van der Waals surface area contributed by atoms with Gasteiger partial charge in [0.15, 0.2) is 0 Å². The predicted molar refractivity (Wildman–Crippen MR) is 92.0 cm³/mol. The molecule has 1 aliphatic rings. The van der Waals surface area contributed by atoms with Crippen LogP contribution in [0.2, 0.25) is 10.0 Å². The Labute approximate surface area is 154 Å². The van der Waals surface area contributed by atoms with Gasteiger partial charge >= 0.3 is 17.8 Å². The monoisotopic (exact) mass is 383 g/mol. The lowest BCUT2D eigenvalue weighted by atomic mass is 10.1.